The van der Waals surface area contributed by atoms with Gasteiger partial charge in [-0.1, -0.05) is 0 Å². The second kappa shape index (κ2) is 8.24. The molecule has 0 bridgehead atoms. The van der Waals surface area contributed by atoms with E-state index >= 15 is 0 Å². The number of nitrogens with zero attached hydrogens (tertiary/aromatic N) is 4. The van der Waals surface area contributed by atoms with E-state index in [4.69, 9.17) is 9.84 Å². The molecule has 0 aliphatic carbocycles. The van der Waals surface area contributed by atoms with E-state index in [0.717, 1.165) is 5.69 Å². The number of hydrogen-bond acceptors (Lipinski definition) is 6. The summed E-state index contributed by atoms with van der Waals surface area (Å²) in [7, 11) is 0. The zero-order chi connectivity index (χ0) is 21.1. The number of benzene rings is 1. The minimum atomic E-state index is -0.836. The number of rotatable bonds is 6. The lowest BCUT2D eigenvalue weighted by Crippen LogP contribution is -2.37. The summed E-state index contributed by atoms with van der Waals surface area (Å²) >= 11 is 0. The topological polar surface area (TPSA) is 111 Å². The van der Waals surface area contributed by atoms with Gasteiger partial charge in [-0.15, -0.1) is 0 Å². The molecule has 1 saturated heterocycles. The van der Waals surface area contributed by atoms with Crippen LogP contribution in [-0.4, -0.2) is 38.6 Å². The Morgan fingerprint density at radius 1 is 1.10 bits per heavy atom. The van der Waals surface area contributed by atoms with Crippen LogP contribution in [0.2, 0.25) is 0 Å². The number of piperidine rings is 1. The van der Waals surface area contributed by atoms with Crippen molar-refractivity contribution in [2.24, 2.45) is 5.92 Å². The Balaban J connectivity index is 1.54. The number of carboxylic acid groups (broad SMARTS) is 1. The van der Waals surface area contributed by atoms with Crippen LogP contribution in [0.3, 0.4) is 0 Å². The first kappa shape index (κ1) is 19.4. The highest BCUT2D eigenvalue weighted by Crippen LogP contribution is 2.33. The van der Waals surface area contributed by atoms with Crippen LogP contribution < -0.4 is 9.64 Å². The third kappa shape index (κ3) is 4.09. The third-order valence-electron chi connectivity index (χ3n) is 5.13. The Bertz CT molecular complexity index is 1040. The van der Waals surface area contributed by atoms with Crippen molar-refractivity contribution in [1.82, 2.24) is 9.55 Å². The molecule has 1 aromatic carbocycles. The molecule has 1 aliphatic rings. The average molecular weight is 408 g/mol. The minimum absolute atomic E-state index is 0.126. The summed E-state index contributed by atoms with van der Waals surface area (Å²) in [5, 5.41) is 20.6. The number of carbonyl (C=O) groups is 1. The molecule has 30 heavy (non-hydrogen) atoms. The van der Waals surface area contributed by atoms with Gasteiger partial charge < -0.3 is 19.3 Å². The van der Waals surface area contributed by atoms with Crippen molar-refractivity contribution in [3.8, 4) is 17.3 Å². The summed E-state index contributed by atoms with van der Waals surface area (Å²) < 4.78 is 7.78. The maximum absolute atomic E-state index is 11.5. The minimum Gasteiger partial charge on any atom is -0.481 e. The average Bonchev–Trinajstić information content (AvgIpc) is 3.29. The van der Waals surface area contributed by atoms with E-state index in [0.29, 0.717) is 31.7 Å². The molecule has 9 heteroatoms. The molecule has 1 fully saturated rings. The molecule has 0 saturated carbocycles. The van der Waals surface area contributed by atoms with Gasteiger partial charge in [-0.3, -0.25) is 14.9 Å². The van der Waals surface area contributed by atoms with Gasteiger partial charge in [0.05, 0.1) is 10.8 Å². The van der Waals surface area contributed by atoms with Gasteiger partial charge in [0.15, 0.2) is 0 Å². The maximum atomic E-state index is 11.5. The normalized spacial score (nSPS) is 14.5. The van der Waals surface area contributed by atoms with Gasteiger partial charge in [-0.05, 0) is 49.2 Å². The van der Waals surface area contributed by atoms with Gasteiger partial charge in [-0.25, -0.2) is 0 Å². The fourth-order valence-electron chi connectivity index (χ4n) is 3.51. The van der Waals surface area contributed by atoms with Crippen molar-refractivity contribution in [3.63, 3.8) is 0 Å². The van der Waals surface area contributed by atoms with Crippen LogP contribution >= 0.6 is 0 Å². The van der Waals surface area contributed by atoms with Crippen molar-refractivity contribution < 1.29 is 19.6 Å². The highest BCUT2D eigenvalue weighted by Gasteiger charge is 2.29. The van der Waals surface area contributed by atoms with Gasteiger partial charge in [0.1, 0.15) is 5.75 Å². The lowest BCUT2D eigenvalue weighted by molar-refractivity contribution is -0.384. The zero-order valence-electron chi connectivity index (χ0n) is 16.0. The largest absolute Gasteiger partial charge is 0.481 e. The van der Waals surface area contributed by atoms with E-state index in [2.05, 4.69) is 4.98 Å². The summed E-state index contributed by atoms with van der Waals surface area (Å²) in [5.41, 5.74) is 0.852. The Labute approximate surface area is 172 Å². The summed E-state index contributed by atoms with van der Waals surface area (Å²) in [4.78, 5) is 28.3. The zero-order valence-corrected chi connectivity index (χ0v) is 16.0. The predicted octanol–water partition coefficient (Wildman–Crippen LogP) is 3.87. The third-order valence-corrected chi connectivity index (χ3v) is 5.13. The Morgan fingerprint density at radius 3 is 2.37 bits per heavy atom. The first-order valence-electron chi connectivity index (χ1n) is 9.56. The number of nitro groups is 1. The number of ether oxygens (including phenoxy) is 1. The molecule has 0 unspecified atom stereocenters. The molecule has 0 radical (unpaired) electrons. The number of pyridine rings is 1. The second-order valence-electron chi connectivity index (χ2n) is 7.04. The highest BCUT2D eigenvalue weighted by molar-refractivity contribution is 5.70. The van der Waals surface area contributed by atoms with Gasteiger partial charge >= 0.3 is 11.7 Å². The fraction of sp³-hybridized carbons (Fsp3) is 0.238. The number of aromatic nitrogens is 2. The molecule has 2 aromatic heterocycles. The van der Waals surface area contributed by atoms with E-state index in [1.807, 2.05) is 41.2 Å². The summed E-state index contributed by atoms with van der Waals surface area (Å²) in [6.45, 7) is 0.777. The molecule has 154 valence electrons. The molecular weight excluding hydrogens is 388 g/mol. The Morgan fingerprint density at radius 2 is 1.77 bits per heavy atom. The lowest BCUT2D eigenvalue weighted by atomic mass is 9.97. The van der Waals surface area contributed by atoms with Crippen LogP contribution in [0.5, 0.6) is 11.6 Å². The molecule has 1 N–H and O–H groups in total. The molecule has 0 atom stereocenters. The molecule has 3 heterocycles. The monoisotopic (exact) mass is 408 g/mol. The molecular formula is C21H20N4O5. The first-order chi connectivity index (χ1) is 14.5. The number of anilines is 1. The van der Waals surface area contributed by atoms with Crippen molar-refractivity contribution in [2.75, 3.05) is 18.0 Å². The van der Waals surface area contributed by atoms with Crippen molar-refractivity contribution in [2.45, 2.75) is 12.8 Å². The molecule has 1 aliphatic heterocycles. The smallest absolute Gasteiger partial charge is 0.311 e. The standard InChI is InChI=1S/C21H20N4O5/c26-21(27)15-9-13-24(14-10-15)20-18(25(28)29)7-8-19(22-20)30-17-5-3-16(4-6-17)23-11-1-2-12-23/h1-8,11-12,15H,9-10,13-14H2,(H,26,27). The van der Waals surface area contributed by atoms with Crippen molar-refractivity contribution in [1.29, 1.82) is 0 Å². The van der Waals surface area contributed by atoms with Crippen LogP contribution in [0, 0.1) is 16.0 Å². The predicted molar refractivity (Wildman–Crippen MR) is 109 cm³/mol. The van der Waals surface area contributed by atoms with E-state index in [1.165, 1.54) is 12.1 Å². The molecule has 0 amide bonds. The number of aliphatic carboxylic acids is 1. The Hall–Kier alpha value is -3.88. The molecule has 0 spiro atoms. The van der Waals surface area contributed by atoms with Crippen LogP contribution in [-0.2, 0) is 4.79 Å². The molecule has 3 aromatic rings. The van der Waals surface area contributed by atoms with Crippen LogP contribution in [0.4, 0.5) is 11.5 Å². The quantitative estimate of drug-likeness (QED) is 0.487. The van der Waals surface area contributed by atoms with Crippen LogP contribution in [0.25, 0.3) is 5.69 Å². The van der Waals surface area contributed by atoms with Crippen molar-refractivity contribution >= 4 is 17.5 Å². The van der Waals surface area contributed by atoms with Crippen LogP contribution in [0.1, 0.15) is 12.8 Å². The highest BCUT2D eigenvalue weighted by atomic mass is 16.6. The van der Waals surface area contributed by atoms with E-state index in [1.54, 1.807) is 17.0 Å². The molecule has 9 nitrogen and oxygen atoms in total. The number of hydrogen-bond donors (Lipinski definition) is 1. The number of carboxylic acids is 1. The fourth-order valence-corrected chi connectivity index (χ4v) is 3.51. The van der Waals surface area contributed by atoms with Gasteiger partial charge in [0, 0.05) is 43.3 Å². The van der Waals surface area contributed by atoms with E-state index in [9.17, 15) is 14.9 Å². The summed E-state index contributed by atoms with van der Waals surface area (Å²) in [5.74, 6) is -0.270. The van der Waals surface area contributed by atoms with Crippen molar-refractivity contribution in [3.05, 3.63) is 71.0 Å². The van der Waals surface area contributed by atoms with E-state index in [-0.39, 0.29) is 17.4 Å². The molecule has 4 rings (SSSR count). The van der Waals surface area contributed by atoms with E-state index < -0.39 is 16.8 Å². The lowest BCUT2D eigenvalue weighted by Gasteiger charge is -2.30. The summed E-state index contributed by atoms with van der Waals surface area (Å²) in [6, 6.07) is 14.1. The Kier molecular flexibility index (Phi) is 5.34. The van der Waals surface area contributed by atoms with Gasteiger partial charge in [0.25, 0.3) is 0 Å². The SMILES string of the molecule is O=C(O)C1CCN(c2nc(Oc3ccc(-n4cccc4)cc3)ccc2[N+](=O)[O-])CC1. The van der Waals surface area contributed by atoms with Gasteiger partial charge in [-0.2, -0.15) is 4.98 Å². The second-order valence-corrected chi connectivity index (χ2v) is 7.04. The first-order valence-corrected chi connectivity index (χ1v) is 9.56. The van der Waals surface area contributed by atoms with Gasteiger partial charge in [0.2, 0.25) is 11.7 Å². The summed E-state index contributed by atoms with van der Waals surface area (Å²) in [6.07, 6.45) is 4.71. The maximum Gasteiger partial charge on any atom is 0.311 e. The van der Waals surface area contributed by atoms with Crippen LogP contribution in [0.15, 0.2) is 60.9 Å².